The van der Waals surface area contributed by atoms with Gasteiger partial charge in [-0.3, -0.25) is 4.99 Å². The van der Waals surface area contributed by atoms with Gasteiger partial charge in [0, 0.05) is 36.5 Å². The highest BCUT2D eigenvalue weighted by molar-refractivity contribution is 5.97. The number of fused-ring (bicyclic) bond motifs is 2. The van der Waals surface area contributed by atoms with Gasteiger partial charge >= 0.3 is 0 Å². The summed E-state index contributed by atoms with van der Waals surface area (Å²) in [5.74, 6) is -1.18. The molecule has 0 amide bonds. The van der Waals surface area contributed by atoms with Gasteiger partial charge in [0.25, 0.3) is 0 Å². The fraction of sp³-hybridized carbons (Fsp3) is 0.188. The van der Waals surface area contributed by atoms with Crippen LogP contribution in [0, 0.1) is 0 Å². The van der Waals surface area contributed by atoms with Crippen LogP contribution < -0.4 is 5.32 Å². The number of aromatic hydroxyl groups is 4. The monoisotopic (exact) mass is 298 g/mol. The first-order chi connectivity index (χ1) is 10.6. The zero-order chi connectivity index (χ0) is 15.4. The molecule has 112 valence electrons. The lowest BCUT2D eigenvalue weighted by Crippen LogP contribution is -1.96. The molecule has 2 aromatic rings. The van der Waals surface area contributed by atoms with Crippen LogP contribution in [-0.2, 0) is 12.8 Å². The van der Waals surface area contributed by atoms with E-state index in [0.717, 1.165) is 5.56 Å². The molecule has 5 N–H and O–H groups in total. The molecule has 0 aromatic heterocycles. The van der Waals surface area contributed by atoms with Crippen LogP contribution in [0.2, 0.25) is 0 Å². The summed E-state index contributed by atoms with van der Waals surface area (Å²) in [5, 5.41) is 43.8. The Morgan fingerprint density at radius 3 is 2.50 bits per heavy atom. The molecule has 0 fully saturated rings. The van der Waals surface area contributed by atoms with Gasteiger partial charge in [-0.15, -0.1) is 0 Å². The number of nitrogens with zero attached hydrogens (tertiary/aromatic N) is 1. The zero-order valence-electron chi connectivity index (χ0n) is 11.6. The fourth-order valence-electron chi connectivity index (χ4n) is 3.19. The molecule has 2 aromatic carbocycles. The Labute approximate surface area is 126 Å². The van der Waals surface area contributed by atoms with Gasteiger partial charge in [0.05, 0.1) is 11.3 Å². The van der Waals surface area contributed by atoms with Crippen LogP contribution in [0.15, 0.2) is 17.1 Å². The predicted octanol–water partition coefficient (Wildman–Crippen LogP) is 2.40. The SMILES string of the molecule is Oc1cc2c(c(-c3c(O)c(O)cc4c3NCC4)c1O)CC=N2. The highest BCUT2D eigenvalue weighted by atomic mass is 16.3. The molecular formula is C16H14N2O4. The second kappa shape index (κ2) is 4.30. The summed E-state index contributed by atoms with van der Waals surface area (Å²) in [6.07, 6.45) is 2.89. The third kappa shape index (κ3) is 1.57. The summed E-state index contributed by atoms with van der Waals surface area (Å²) in [4.78, 5) is 4.17. The van der Waals surface area contributed by atoms with Gasteiger partial charge in [-0.05, 0) is 23.6 Å². The summed E-state index contributed by atoms with van der Waals surface area (Å²) in [6.45, 7) is 0.684. The number of aliphatic imine (C=N–C) groups is 1. The van der Waals surface area contributed by atoms with E-state index in [1.54, 1.807) is 6.21 Å². The third-order valence-corrected chi connectivity index (χ3v) is 4.20. The first-order valence-corrected chi connectivity index (χ1v) is 7.00. The molecule has 22 heavy (non-hydrogen) atoms. The molecule has 0 aliphatic carbocycles. The summed E-state index contributed by atoms with van der Waals surface area (Å²) < 4.78 is 0. The second-order valence-electron chi connectivity index (χ2n) is 5.46. The lowest BCUT2D eigenvalue weighted by Gasteiger charge is -2.17. The van der Waals surface area contributed by atoms with Crippen molar-refractivity contribution in [3.05, 3.63) is 23.3 Å². The smallest absolute Gasteiger partial charge is 0.167 e. The lowest BCUT2D eigenvalue weighted by atomic mass is 9.92. The summed E-state index contributed by atoms with van der Waals surface area (Å²) in [6, 6.07) is 2.91. The van der Waals surface area contributed by atoms with Crippen molar-refractivity contribution in [2.45, 2.75) is 12.8 Å². The molecule has 2 heterocycles. The third-order valence-electron chi connectivity index (χ3n) is 4.20. The largest absolute Gasteiger partial charge is 0.504 e. The first kappa shape index (κ1) is 12.8. The Balaban J connectivity index is 2.10. The average molecular weight is 298 g/mol. The number of phenols is 4. The maximum absolute atomic E-state index is 10.3. The van der Waals surface area contributed by atoms with Crippen molar-refractivity contribution in [1.82, 2.24) is 0 Å². The summed E-state index contributed by atoms with van der Waals surface area (Å²) in [7, 11) is 0. The molecule has 6 nitrogen and oxygen atoms in total. The Kier molecular flexibility index (Phi) is 2.51. The molecule has 0 saturated heterocycles. The molecule has 0 saturated carbocycles. The quantitative estimate of drug-likeness (QED) is 0.411. The molecule has 0 unspecified atom stereocenters. The van der Waals surface area contributed by atoms with Crippen LogP contribution in [0.5, 0.6) is 23.0 Å². The van der Waals surface area contributed by atoms with Crippen molar-refractivity contribution in [2.24, 2.45) is 4.99 Å². The van der Waals surface area contributed by atoms with E-state index < -0.39 is 0 Å². The van der Waals surface area contributed by atoms with Gasteiger partial charge in [0.2, 0.25) is 0 Å². The summed E-state index contributed by atoms with van der Waals surface area (Å²) in [5.41, 5.74) is 3.42. The fourth-order valence-corrected chi connectivity index (χ4v) is 3.19. The molecule has 0 radical (unpaired) electrons. The van der Waals surface area contributed by atoms with E-state index in [1.807, 2.05) is 0 Å². The van der Waals surface area contributed by atoms with E-state index in [2.05, 4.69) is 10.3 Å². The zero-order valence-corrected chi connectivity index (χ0v) is 11.6. The molecule has 0 bridgehead atoms. The Morgan fingerprint density at radius 2 is 1.68 bits per heavy atom. The maximum Gasteiger partial charge on any atom is 0.167 e. The molecule has 2 aliphatic heterocycles. The standard InChI is InChI=1S/C16H14N2O4/c19-10-5-7-1-3-18-14(7)13(16(10)22)12-8-2-4-17-9(8)6-11(20)15(12)21/h4-6,18-22H,1-3H2. The van der Waals surface area contributed by atoms with Crippen molar-refractivity contribution >= 4 is 17.6 Å². The van der Waals surface area contributed by atoms with Gasteiger partial charge in [-0.2, -0.15) is 0 Å². The van der Waals surface area contributed by atoms with Crippen LogP contribution in [0.4, 0.5) is 11.4 Å². The van der Waals surface area contributed by atoms with Crippen LogP contribution in [-0.4, -0.2) is 33.2 Å². The minimum absolute atomic E-state index is 0.243. The van der Waals surface area contributed by atoms with Crippen LogP contribution in [0.1, 0.15) is 11.1 Å². The number of nitrogens with one attached hydrogen (secondary N) is 1. The predicted molar refractivity (Wildman–Crippen MR) is 82.6 cm³/mol. The first-order valence-electron chi connectivity index (χ1n) is 7.00. The number of phenolic OH excluding ortho intramolecular Hbond substituents is 4. The van der Waals surface area contributed by atoms with E-state index in [-0.39, 0.29) is 23.0 Å². The van der Waals surface area contributed by atoms with Gasteiger partial charge in [0.1, 0.15) is 0 Å². The van der Waals surface area contributed by atoms with Crippen molar-refractivity contribution in [2.75, 3.05) is 11.9 Å². The topological polar surface area (TPSA) is 105 Å². The number of hydrogen-bond acceptors (Lipinski definition) is 6. The Morgan fingerprint density at radius 1 is 0.955 bits per heavy atom. The minimum Gasteiger partial charge on any atom is -0.504 e. The van der Waals surface area contributed by atoms with E-state index in [4.69, 9.17) is 0 Å². The Bertz CT molecular complexity index is 828. The van der Waals surface area contributed by atoms with E-state index >= 15 is 0 Å². The molecule has 2 aliphatic rings. The van der Waals surface area contributed by atoms with Gasteiger partial charge in [-0.25, -0.2) is 0 Å². The summed E-state index contributed by atoms with van der Waals surface area (Å²) >= 11 is 0. The molecule has 0 atom stereocenters. The van der Waals surface area contributed by atoms with Crippen molar-refractivity contribution in [1.29, 1.82) is 0 Å². The van der Waals surface area contributed by atoms with Crippen molar-refractivity contribution < 1.29 is 20.4 Å². The highest BCUT2D eigenvalue weighted by Gasteiger charge is 2.29. The van der Waals surface area contributed by atoms with Gasteiger partial charge in [-0.1, -0.05) is 0 Å². The number of benzene rings is 2. The Hall–Kier alpha value is -2.89. The molecule has 0 spiro atoms. The van der Waals surface area contributed by atoms with E-state index in [9.17, 15) is 20.4 Å². The van der Waals surface area contributed by atoms with Crippen LogP contribution in [0.3, 0.4) is 0 Å². The van der Waals surface area contributed by atoms with Crippen molar-refractivity contribution in [3.63, 3.8) is 0 Å². The van der Waals surface area contributed by atoms with Crippen LogP contribution in [0.25, 0.3) is 11.1 Å². The minimum atomic E-state index is -0.318. The average Bonchev–Trinajstić information content (AvgIpc) is 3.11. The number of rotatable bonds is 1. The van der Waals surface area contributed by atoms with Gasteiger partial charge < -0.3 is 25.7 Å². The number of anilines is 1. The molecule has 4 rings (SSSR count). The van der Waals surface area contributed by atoms with Crippen molar-refractivity contribution in [3.8, 4) is 34.1 Å². The van der Waals surface area contributed by atoms with E-state index in [1.165, 1.54) is 12.1 Å². The maximum atomic E-state index is 10.3. The van der Waals surface area contributed by atoms with Crippen LogP contribution >= 0.6 is 0 Å². The molecular weight excluding hydrogens is 284 g/mol. The number of hydrogen-bond donors (Lipinski definition) is 5. The second-order valence-corrected chi connectivity index (χ2v) is 5.46. The lowest BCUT2D eigenvalue weighted by molar-refractivity contribution is 0.400. The van der Waals surface area contributed by atoms with Gasteiger partial charge in [0.15, 0.2) is 23.0 Å². The highest BCUT2D eigenvalue weighted by Crippen LogP contribution is 2.54. The van der Waals surface area contributed by atoms with E-state index in [0.29, 0.717) is 47.5 Å². The normalized spacial score (nSPS) is 14.7. The molecule has 6 heteroatoms.